The van der Waals surface area contributed by atoms with Gasteiger partial charge in [0.2, 0.25) is 6.23 Å². The van der Waals surface area contributed by atoms with Crippen LogP contribution in [0.2, 0.25) is 0 Å². The van der Waals surface area contributed by atoms with Gasteiger partial charge in [0, 0.05) is 18.9 Å². The second-order valence-electron chi connectivity index (χ2n) is 4.68. The molecule has 3 heteroatoms. The lowest BCUT2D eigenvalue weighted by Crippen LogP contribution is -2.35. The van der Waals surface area contributed by atoms with Crippen molar-refractivity contribution in [2.24, 2.45) is 11.1 Å². The summed E-state index contributed by atoms with van der Waals surface area (Å²) in [7, 11) is 0. The molecule has 3 nitrogen and oxygen atoms in total. The maximum absolute atomic E-state index is 5.46. The van der Waals surface area contributed by atoms with Gasteiger partial charge in [0.15, 0.2) is 5.84 Å². The number of amidine groups is 1. The molecule has 0 radical (unpaired) electrons. The number of hydrogen-bond acceptors (Lipinski definition) is 3. The van der Waals surface area contributed by atoms with Crippen LogP contribution in [0.25, 0.3) is 0 Å². The second-order valence-corrected chi connectivity index (χ2v) is 4.68. The van der Waals surface area contributed by atoms with Crippen molar-refractivity contribution in [3.8, 4) is 0 Å². The highest BCUT2D eigenvalue weighted by Gasteiger charge is 2.37. The van der Waals surface area contributed by atoms with Gasteiger partial charge in [0.25, 0.3) is 0 Å². The van der Waals surface area contributed by atoms with E-state index in [4.69, 9.17) is 4.84 Å². The molecular formula is C11H18N2O. The smallest absolute Gasteiger partial charge is 0.201 e. The number of fused-ring (bicyclic) bond motifs is 1. The average Bonchev–Trinajstić information content (AvgIpc) is 2.79. The van der Waals surface area contributed by atoms with E-state index in [9.17, 15) is 0 Å². The number of nitrogens with zero attached hydrogens (tertiary/aromatic N) is 2. The third-order valence-electron chi connectivity index (χ3n) is 3.73. The van der Waals surface area contributed by atoms with Crippen molar-refractivity contribution in [2.45, 2.75) is 51.2 Å². The van der Waals surface area contributed by atoms with Gasteiger partial charge in [-0.1, -0.05) is 24.4 Å². The van der Waals surface area contributed by atoms with Gasteiger partial charge in [-0.05, 0) is 19.3 Å². The zero-order valence-electron chi connectivity index (χ0n) is 8.61. The molecule has 0 spiro atoms. The first-order valence-electron chi connectivity index (χ1n) is 5.95. The minimum absolute atomic E-state index is 0.298. The lowest BCUT2D eigenvalue weighted by molar-refractivity contribution is 0.0326. The standard InChI is InChI=1S/C11H18N2O/c1-2-5-9(6-3-1)11-12-14-10-7-4-8-13(10)11/h9-10H,1-8H2. The first kappa shape index (κ1) is 8.57. The SMILES string of the molecule is C1CCC(C2=NOC3CCCN23)CC1. The molecule has 0 aromatic rings. The molecule has 3 rings (SSSR count). The molecule has 0 N–H and O–H groups in total. The number of oxime groups is 1. The number of hydrogen-bond donors (Lipinski definition) is 0. The van der Waals surface area contributed by atoms with Gasteiger partial charge in [-0.3, -0.25) is 0 Å². The molecule has 1 saturated carbocycles. The van der Waals surface area contributed by atoms with Crippen molar-refractivity contribution in [1.82, 2.24) is 4.90 Å². The summed E-state index contributed by atoms with van der Waals surface area (Å²) in [4.78, 5) is 7.86. The lowest BCUT2D eigenvalue weighted by Gasteiger charge is -2.26. The monoisotopic (exact) mass is 194 g/mol. The van der Waals surface area contributed by atoms with Crippen molar-refractivity contribution in [3.05, 3.63) is 0 Å². The Morgan fingerprint density at radius 2 is 1.93 bits per heavy atom. The van der Waals surface area contributed by atoms with Crippen LogP contribution in [0.5, 0.6) is 0 Å². The molecule has 2 fully saturated rings. The minimum Gasteiger partial charge on any atom is -0.369 e. The molecule has 0 amide bonds. The first-order valence-corrected chi connectivity index (χ1v) is 5.95. The molecule has 0 bridgehead atoms. The average molecular weight is 194 g/mol. The largest absolute Gasteiger partial charge is 0.369 e. The van der Waals surface area contributed by atoms with E-state index >= 15 is 0 Å². The Morgan fingerprint density at radius 1 is 1.07 bits per heavy atom. The van der Waals surface area contributed by atoms with Crippen LogP contribution >= 0.6 is 0 Å². The lowest BCUT2D eigenvalue weighted by atomic mass is 9.88. The summed E-state index contributed by atoms with van der Waals surface area (Å²) >= 11 is 0. The highest BCUT2D eigenvalue weighted by Crippen LogP contribution is 2.33. The van der Waals surface area contributed by atoms with Crippen LogP contribution in [0.1, 0.15) is 44.9 Å². The van der Waals surface area contributed by atoms with Crippen LogP contribution in [0, 0.1) is 5.92 Å². The van der Waals surface area contributed by atoms with Gasteiger partial charge >= 0.3 is 0 Å². The highest BCUT2D eigenvalue weighted by molar-refractivity contribution is 5.85. The van der Waals surface area contributed by atoms with E-state index in [2.05, 4.69) is 10.1 Å². The third-order valence-corrected chi connectivity index (χ3v) is 3.73. The molecular weight excluding hydrogens is 176 g/mol. The molecule has 3 aliphatic rings. The number of rotatable bonds is 1. The van der Waals surface area contributed by atoms with E-state index in [-0.39, 0.29) is 0 Å². The molecule has 14 heavy (non-hydrogen) atoms. The third kappa shape index (κ3) is 1.30. The molecule has 1 saturated heterocycles. The Labute approximate surface area is 85.1 Å². The zero-order chi connectivity index (χ0) is 9.38. The quantitative estimate of drug-likeness (QED) is 0.640. The van der Waals surface area contributed by atoms with Crippen LogP contribution in [0.4, 0.5) is 0 Å². The van der Waals surface area contributed by atoms with Gasteiger partial charge in [-0.25, -0.2) is 0 Å². The Kier molecular flexibility index (Phi) is 2.11. The molecule has 1 aliphatic carbocycles. The van der Waals surface area contributed by atoms with Crippen molar-refractivity contribution in [1.29, 1.82) is 0 Å². The summed E-state index contributed by atoms with van der Waals surface area (Å²) in [5.74, 6) is 1.97. The molecule has 2 aliphatic heterocycles. The Balaban J connectivity index is 1.71. The normalized spacial score (nSPS) is 32.7. The maximum Gasteiger partial charge on any atom is 0.201 e. The topological polar surface area (TPSA) is 24.8 Å². The van der Waals surface area contributed by atoms with Crippen LogP contribution < -0.4 is 0 Å². The maximum atomic E-state index is 5.46. The van der Waals surface area contributed by atoms with E-state index in [0.717, 1.165) is 0 Å². The highest BCUT2D eigenvalue weighted by atomic mass is 16.7. The summed E-state index contributed by atoms with van der Waals surface area (Å²) in [5, 5.41) is 4.29. The van der Waals surface area contributed by atoms with Gasteiger partial charge in [0.1, 0.15) is 0 Å². The molecule has 78 valence electrons. The van der Waals surface area contributed by atoms with Crippen LogP contribution in [0.15, 0.2) is 5.16 Å². The fraction of sp³-hybridized carbons (Fsp3) is 0.909. The Hall–Kier alpha value is -0.730. The van der Waals surface area contributed by atoms with Gasteiger partial charge in [-0.15, -0.1) is 0 Å². The Bertz CT molecular complexity index is 246. The van der Waals surface area contributed by atoms with Crippen molar-refractivity contribution < 1.29 is 4.84 Å². The van der Waals surface area contributed by atoms with Gasteiger partial charge < -0.3 is 9.74 Å². The summed E-state index contributed by atoms with van der Waals surface area (Å²) in [5.41, 5.74) is 0. The first-order chi connectivity index (χ1) is 6.95. The van der Waals surface area contributed by atoms with Crippen LogP contribution in [-0.4, -0.2) is 23.5 Å². The molecule has 0 aromatic heterocycles. The fourth-order valence-electron chi connectivity index (χ4n) is 2.94. The molecule has 1 atom stereocenters. The molecule has 1 unspecified atom stereocenters. The van der Waals surface area contributed by atoms with E-state index in [1.54, 1.807) is 0 Å². The van der Waals surface area contributed by atoms with E-state index < -0.39 is 0 Å². The summed E-state index contributed by atoms with van der Waals surface area (Å²) in [6.07, 6.45) is 9.55. The van der Waals surface area contributed by atoms with Crippen molar-refractivity contribution in [3.63, 3.8) is 0 Å². The van der Waals surface area contributed by atoms with Gasteiger partial charge in [-0.2, -0.15) is 0 Å². The van der Waals surface area contributed by atoms with Crippen LogP contribution in [0.3, 0.4) is 0 Å². The Morgan fingerprint density at radius 3 is 2.79 bits per heavy atom. The predicted octanol–water partition coefficient (Wildman–Crippen LogP) is 2.33. The van der Waals surface area contributed by atoms with Crippen LogP contribution in [-0.2, 0) is 4.84 Å². The van der Waals surface area contributed by atoms with E-state index in [1.807, 2.05) is 0 Å². The second kappa shape index (κ2) is 3.44. The fourth-order valence-corrected chi connectivity index (χ4v) is 2.94. The summed E-state index contributed by atoms with van der Waals surface area (Å²) in [6, 6.07) is 0. The van der Waals surface area contributed by atoms with E-state index in [1.165, 1.54) is 57.3 Å². The van der Waals surface area contributed by atoms with Crippen molar-refractivity contribution in [2.75, 3.05) is 6.54 Å². The zero-order valence-corrected chi connectivity index (χ0v) is 8.61. The van der Waals surface area contributed by atoms with Gasteiger partial charge in [0.05, 0.1) is 0 Å². The predicted molar refractivity (Wildman–Crippen MR) is 54.8 cm³/mol. The van der Waals surface area contributed by atoms with E-state index in [0.29, 0.717) is 12.1 Å². The van der Waals surface area contributed by atoms with Crippen molar-refractivity contribution >= 4 is 5.84 Å². The summed E-state index contributed by atoms with van der Waals surface area (Å²) in [6.45, 7) is 1.17. The summed E-state index contributed by atoms with van der Waals surface area (Å²) < 4.78 is 0. The minimum atomic E-state index is 0.298. The molecule has 2 heterocycles. The molecule has 0 aromatic carbocycles.